The van der Waals surface area contributed by atoms with E-state index in [1.807, 2.05) is 50.5 Å². The molecule has 2 aromatic carbocycles. The third-order valence-electron chi connectivity index (χ3n) is 5.16. The van der Waals surface area contributed by atoms with Crippen molar-refractivity contribution in [3.63, 3.8) is 0 Å². The summed E-state index contributed by atoms with van der Waals surface area (Å²) in [5.41, 5.74) is 3.86. The van der Waals surface area contributed by atoms with Gasteiger partial charge in [0.05, 0.1) is 11.8 Å². The SMILES string of the molecule is COc1ccc(C)c2sc(N(CCN(C)C)C(=O)c3ccc(C(C)(C)C)cc3)nc12. The molecule has 0 spiro atoms. The maximum Gasteiger partial charge on any atom is 0.260 e. The fourth-order valence-corrected chi connectivity index (χ4v) is 4.31. The van der Waals surface area contributed by atoms with Crippen LogP contribution in [0.2, 0.25) is 0 Å². The highest BCUT2D eigenvalue weighted by Crippen LogP contribution is 2.37. The Kier molecular flexibility index (Phi) is 6.48. The number of carbonyl (C=O) groups is 1. The van der Waals surface area contributed by atoms with Crippen molar-refractivity contribution in [3.8, 4) is 5.75 Å². The number of aromatic nitrogens is 1. The Hall–Kier alpha value is -2.44. The molecule has 0 saturated carbocycles. The molecule has 3 aromatic rings. The van der Waals surface area contributed by atoms with Gasteiger partial charge in [0.25, 0.3) is 5.91 Å². The first kappa shape index (κ1) is 22.2. The van der Waals surface area contributed by atoms with Gasteiger partial charge in [-0.3, -0.25) is 9.69 Å². The molecule has 0 atom stereocenters. The van der Waals surface area contributed by atoms with Crippen molar-refractivity contribution in [2.45, 2.75) is 33.1 Å². The number of benzene rings is 2. The molecule has 1 amide bonds. The first-order chi connectivity index (χ1) is 14.1. The number of methoxy groups -OCH3 is 1. The molecule has 0 aliphatic rings. The Balaban J connectivity index is 2.02. The number of ether oxygens (including phenoxy) is 1. The van der Waals surface area contributed by atoms with E-state index >= 15 is 0 Å². The van der Waals surface area contributed by atoms with Gasteiger partial charge in [-0.25, -0.2) is 4.98 Å². The summed E-state index contributed by atoms with van der Waals surface area (Å²) in [5.74, 6) is 0.695. The number of carbonyl (C=O) groups excluding carboxylic acids is 1. The van der Waals surface area contributed by atoms with Crippen LogP contribution in [-0.2, 0) is 5.41 Å². The molecule has 0 radical (unpaired) electrons. The van der Waals surface area contributed by atoms with E-state index in [2.05, 4.69) is 32.6 Å². The van der Waals surface area contributed by atoms with Crippen LogP contribution in [0.3, 0.4) is 0 Å². The molecule has 160 valence electrons. The van der Waals surface area contributed by atoms with Crippen LogP contribution in [0.15, 0.2) is 36.4 Å². The van der Waals surface area contributed by atoms with E-state index in [-0.39, 0.29) is 11.3 Å². The molecule has 0 fully saturated rings. The van der Waals surface area contributed by atoms with E-state index in [1.54, 1.807) is 12.0 Å². The van der Waals surface area contributed by atoms with E-state index in [1.165, 1.54) is 16.9 Å². The van der Waals surface area contributed by atoms with Crippen LogP contribution in [0.25, 0.3) is 10.2 Å². The minimum absolute atomic E-state index is 0.0343. The molecular weight excluding hydrogens is 394 g/mol. The third kappa shape index (κ3) is 4.65. The maximum atomic E-state index is 13.5. The van der Waals surface area contributed by atoms with E-state index < -0.39 is 0 Å². The second-order valence-corrected chi connectivity index (χ2v) is 9.82. The van der Waals surface area contributed by atoms with Crippen LogP contribution in [0.5, 0.6) is 5.75 Å². The van der Waals surface area contributed by atoms with E-state index in [0.717, 1.165) is 28.1 Å². The second-order valence-electron chi connectivity index (χ2n) is 8.85. The Bertz CT molecular complexity index is 1030. The van der Waals surface area contributed by atoms with Gasteiger partial charge in [-0.2, -0.15) is 0 Å². The number of likely N-dealkylation sites (N-methyl/N-ethyl adjacent to an activating group) is 1. The zero-order valence-corrected chi connectivity index (χ0v) is 19.8. The molecule has 0 aliphatic carbocycles. The summed E-state index contributed by atoms with van der Waals surface area (Å²) in [6.45, 7) is 9.88. The van der Waals surface area contributed by atoms with Crippen molar-refractivity contribution in [1.82, 2.24) is 9.88 Å². The highest BCUT2D eigenvalue weighted by molar-refractivity contribution is 7.22. The maximum absolute atomic E-state index is 13.5. The van der Waals surface area contributed by atoms with Crippen molar-refractivity contribution in [3.05, 3.63) is 53.1 Å². The van der Waals surface area contributed by atoms with Crippen LogP contribution in [-0.4, -0.2) is 50.1 Å². The van der Waals surface area contributed by atoms with Gasteiger partial charge in [0, 0.05) is 18.7 Å². The lowest BCUT2D eigenvalue weighted by molar-refractivity contribution is 0.0985. The number of hydrogen-bond acceptors (Lipinski definition) is 5. The van der Waals surface area contributed by atoms with Crippen molar-refractivity contribution < 1.29 is 9.53 Å². The number of rotatable bonds is 6. The molecule has 30 heavy (non-hydrogen) atoms. The smallest absolute Gasteiger partial charge is 0.260 e. The molecule has 3 rings (SSSR count). The first-order valence-electron chi connectivity index (χ1n) is 10.1. The fraction of sp³-hybridized carbons (Fsp3) is 0.417. The minimum Gasteiger partial charge on any atom is -0.494 e. The largest absolute Gasteiger partial charge is 0.494 e. The van der Waals surface area contributed by atoms with Crippen molar-refractivity contribution in [2.24, 2.45) is 0 Å². The number of fused-ring (bicyclic) bond motifs is 1. The quantitative estimate of drug-likeness (QED) is 0.550. The summed E-state index contributed by atoms with van der Waals surface area (Å²) in [6, 6.07) is 11.9. The standard InChI is InChI=1S/C24H31N3O2S/c1-16-8-13-19(29-7)20-21(16)30-23(25-20)27(15-14-26(5)6)22(28)17-9-11-18(12-10-17)24(2,3)4/h8-13H,14-15H2,1-7H3. The zero-order chi connectivity index (χ0) is 22.1. The molecule has 0 bridgehead atoms. The van der Waals surface area contributed by atoms with Crippen LogP contribution in [0.1, 0.15) is 42.3 Å². The van der Waals surface area contributed by atoms with Crippen molar-refractivity contribution in [2.75, 3.05) is 39.2 Å². The molecular formula is C24H31N3O2S. The summed E-state index contributed by atoms with van der Waals surface area (Å²) in [4.78, 5) is 22.1. The van der Waals surface area contributed by atoms with E-state index in [0.29, 0.717) is 17.2 Å². The Morgan fingerprint density at radius 1 is 1.07 bits per heavy atom. The topological polar surface area (TPSA) is 45.7 Å². The molecule has 5 nitrogen and oxygen atoms in total. The predicted molar refractivity (Wildman–Crippen MR) is 126 cm³/mol. The van der Waals surface area contributed by atoms with Crippen molar-refractivity contribution >= 4 is 32.6 Å². The molecule has 1 heterocycles. The number of nitrogens with zero attached hydrogens (tertiary/aromatic N) is 3. The number of hydrogen-bond donors (Lipinski definition) is 0. The monoisotopic (exact) mass is 425 g/mol. The fourth-order valence-electron chi connectivity index (χ4n) is 3.23. The van der Waals surface area contributed by atoms with Gasteiger partial charge >= 0.3 is 0 Å². The zero-order valence-electron chi connectivity index (χ0n) is 18.9. The molecule has 0 N–H and O–H groups in total. The lowest BCUT2D eigenvalue weighted by atomic mass is 9.86. The Morgan fingerprint density at radius 3 is 2.30 bits per heavy atom. The van der Waals surface area contributed by atoms with Crippen LogP contribution < -0.4 is 9.64 Å². The second kappa shape index (κ2) is 8.74. The van der Waals surface area contributed by atoms with Gasteiger partial charge in [-0.1, -0.05) is 50.3 Å². The third-order valence-corrected chi connectivity index (χ3v) is 6.37. The van der Waals surface area contributed by atoms with Gasteiger partial charge < -0.3 is 9.64 Å². The number of aryl methyl sites for hydroxylation is 1. The number of thiazole rings is 1. The predicted octanol–water partition coefficient (Wildman–Crippen LogP) is 5.12. The normalized spacial score (nSPS) is 11.9. The number of amides is 1. The van der Waals surface area contributed by atoms with Crippen molar-refractivity contribution in [1.29, 1.82) is 0 Å². The van der Waals surface area contributed by atoms with Gasteiger partial charge in [-0.15, -0.1) is 0 Å². The Morgan fingerprint density at radius 2 is 1.73 bits per heavy atom. The minimum atomic E-state index is -0.0343. The molecule has 6 heteroatoms. The molecule has 1 aromatic heterocycles. The summed E-state index contributed by atoms with van der Waals surface area (Å²) >= 11 is 1.54. The van der Waals surface area contributed by atoms with Crippen LogP contribution in [0.4, 0.5) is 5.13 Å². The number of anilines is 1. The van der Waals surface area contributed by atoms with Crippen LogP contribution in [0, 0.1) is 6.92 Å². The highest BCUT2D eigenvalue weighted by Gasteiger charge is 2.23. The molecule has 0 saturated heterocycles. The summed E-state index contributed by atoms with van der Waals surface area (Å²) < 4.78 is 6.55. The summed E-state index contributed by atoms with van der Waals surface area (Å²) in [5, 5.41) is 0.698. The lowest BCUT2D eigenvalue weighted by Crippen LogP contribution is -2.36. The van der Waals surface area contributed by atoms with Gasteiger partial charge in [0.15, 0.2) is 5.13 Å². The highest BCUT2D eigenvalue weighted by atomic mass is 32.1. The average molecular weight is 426 g/mol. The van der Waals surface area contributed by atoms with E-state index in [9.17, 15) is 4.79 Å². The van der Waals surface area contributed by atoms with Gasteiger partial charge in [0.2, 0.25) is 0 Å². The van der Waals surface area contributed by atoms with Gasteiger partial charge in [0.1, 0.15) is 11.3 Å². The summed E-state index contributed by atoms with van der Waals surface area (Å²) in [6.07, 6.45) is 0. The lowest BCUT2D eigenvalue weighted by Gasteiger charge is -2.23. The molecule has 0 aliphatic heterocycles. The molecule has 0 unspecified atom stereocenters. The Labute approximate surface area is 183 Å². The van der Waals surface area contributed by atoms with E-state index in [4.69, 9.17) is 9.72 Å². The first-order valence-corrected chi connectivity index (χ1v) is 10.9. The van der Waals surface area contributed by atoms with Crippen LogP contribution >= 0.6 is 11.3 Å². The summed E-state index contributed by atoms with van der Waals surface area (Å²) in [7, 11) is 5.66. The average Bonchev–Trinajstić information content (AvgIpc) is 3.13. The van der Waals surface area contributed by atoms with Gasteiger partial charge in [-0.05, 0) is 55.8 Å².